The number of hydrogen-bond acceptors (Lipinski definition) is 3. The van der Waals surface area contributed by atoms with Crippen LogP contribution in [0.25, 0.3) is 0 Å². The van der Waals surface area contributed by atoms with Gasteiger partial charge in [0.1, 0.15) is 0 Å². The maximum atomic E-state index is 5.81. The number of furan rings is 1. The molecular weight excluding hydrogens is 222 g/mol. The standard InChI is InChI=1S/C8H12BrNO2/c1-2-11-5-7(10)6-3-4-12-8(6)9/h3-4,7H,2,5,10H2,1H3. The monoisotopic (exact) mass is 233 g/mol. The molecule has 0 spiro atoms. The Morgan fingerprint density at radius 2 is 2.50 bits per heavy atom. The van der Waals surface area contributed by atoms with E-state index in [1.54, 1.807) is 6.26 Å². The Morgan fingerprint density at radius 1 is 1.75 bits per heavy atom. The molecule has 3 nitrogen and oxygen atoms in total. The first-order valence-corrected chi connectivity index (χ1v) is 4.61. The summed E-state index contributed by atoms with van der Waals surface area (Å²) in [7, 11) is 0. The zero-order valence-electron chi connectivity index (χ0n) is 6.92. The second kappa shape index (κ2) is 4.64. The van der Waals surface area contributed by atoms with Gasteiger partial charge in [0.25, 0.3) is 0 Å². The van der Waals surface area contributed by atoms with Crippen molar-refractivity contribution in [2.24, 2.45) is 5.73 Å². The Hall–Kier alpha value is -0.320. The van der Waals surface area contributed by atoms with E-state index in [9.17, 15) is 0 Å². The largest absolute Gasteiger partial charge is 0.457 e. The van der Waals surface area contributed by atoms with Crippen molar-refractivity contribution in [3.63, 3.8) is 0 Å². The molecule has 0 amide bonds. The molecule has 0 aliphatic carbocycles. The maximum absolute atomic E-state index is 5.81. The molecule has 12 heavy (non-hydrogen) atoms. The molecule has 1 rings (SSSR count). The quantitative estimate of drug-likeness (QED) is 0.867. The van der Waals surface area contributed by atoms with E-state index < -0.39 is 0 Å². The van der Waals surface area contributed by atoms with Crippen LogP contribution in [0.15, 0.2) is 21.4 Å². The zero-order valence-corrected chi connectivity index (χ0v) is 8.50. The molecule has 2 N–H and O–H groups in total. The third kappa shape index (κ3) is 2.33. The molecule has 4 heteroatoms. The van der Waals surface area contributed by atoms with E-state index in [2.05, 4.69) is 15.9 Å². The van der Waals surface area contributed by atoms with Gasteiger partial charge in [0.15, 0.2) is 4.67 Å². The average Bonchev–Trinajstić information content (AvgIpc) is 2.47. The predicted molar refractivity (Wildman–Crippen MR) is 49.8 cm³/mol. The van der Waals surface area contributed by atoms with Gasteiger partial charge in [-0.05, 0) is 28.9 Å². The summed E-state index contributed by atoms with van der Waals surface area (Å²) in [5, 5.41) is 0. The summed E-state index contributed by atoms with van der Waals surface area (Å²) >= 11 is 3.26. The Labute approximate surface area is 80.0 Å². The highest BCUT2D eigenvalue weighted by molar-refractivity contribution is 9.10. The molecular formula is C8H12BrNO2. The van der Waals surface area contributed by atoms with Crippen LogP contribution in [0.5, 0.6) is 0 Å². The van der Waals surface area contributed by atoms with Crippen molar-refractivity contribution in [1.29, 1.82) is 0 Å². The topological polar surface area (TPSA) is 48.4 Å². The first-order valence-electron chi connectivity index (χ1n) is 3.82. The molecule has 1 unspecified atom stereocenters. The van der Waals surface area contributed by atoms with Crippen LogP contribution < -0.4 is 5.73 Å². The number of halogens is 1. The normalized spacial score (nSPS) is 13.2. The minimum atomic E-state index is -0.113. The lowest BCUT2D eigenvalue weighted by Crippen LogP contribution is -2.16. The fourth-order valence-electron chi connectivity index (χ4n) is 0.905. The van der Waals surface area contributed by atoms with Gasteiger partial charge in [-0.1, -0.05) is 0 Å². The van der Waals surface area contributed by atoms with Gasteiger partial charge in [-0.3, -0.25) is 0 Å². The van der Waals surface area contributed by atoms with E-state index in [1.807, 2.05) is 13.0 Å². The highest BCUT2D eigenvalue weighted by Crippen LogP contribution is 2.22. The fourth-order valence-corrected chi connectivity index (χ4v) is 1.44. The molecule has 1 atom stereocenters. The van der Waals surface area contributed by atoms with Crippen LogP contribution in [0, 0.1) is 0 Å². The van der Waals surface area contributed by atoms with Crippen molar-refractivity contribution in [3.05, 3.63) is 22.6 Å². The van der Waals surface area contributed by atoms with E-state index in [0.717, 1.165) is 5.56 Å². The molecule has 68 valence electrons. The minimum Gasteiger partial charge on any atom is -0.457 e. The van der Waals surface area contributed by atoms with Crippen LogP contribution in [0.1, 0.15) is 18.5 Å². The molecule has 1 heterocycles. The van der Waals surface area contributed by atoms with E-state index in [-0.39, 0.29) is 6.04 Å². The van der Waals surface area contributed by atoms with Crippen molar-refractivity contribution < 1.29 is 9.15 Å². The lowest BCUT2D eigenvalue weighted by Gasteiger charge is -2.09. The van der Waals surface area contributed by atoms with Crippen LogP contribution in [0.2, 0.25) is 0 Å². The molecule has 0 fully saturated rings. The van der Waals surface area contributed by atoms with Crippen LogP contribution >= 0.6 is 15.9 Å². The van der Waals surface area contributed by atoms with E-state index in [1.165, 1.54) is 0 Å². The van der Waals surface area contributed by atoms with Gasteiger partial charge in [-0.2, -0.15) is 0 Å². The lowest BCUT2D eigenvalue weighted by atomic mass is 10.2. The van der Waals surface area contributed by atoms with Gasteiger partial charge in [-0.15, -0.1) is 0 Å². The second-order valence-corrected chi connectivity index (χ2v) is 3.14. The van der Waals surface area contributed by atoms with Gasteiger partial charge in [-0.25, -0.2) is 0 Å². The Morgan fingerprint density at radius 3 is 3.00 bits per heavy atom. The Bertz CT molecular complexity index is 237. The van der Waals surface area contributed by atoms with Crippen LogP contribution in [0.3, 0.4) is 0 Å². The van der Waals surface area contributed by atoms with Gasteiger partial charge in [0, 0.05) is 12.2 Å². The molecule has 0 radical (unpaired) electrons. The molecule has 0 saturated carbocycles. The summed E-state index contributed by atoms with van der Waals surface area (Å²) in [6.07, 6.45) is 1.60. The van der Waals surface area contributed by atoms with Gasteiger partial charge in [0.05, 0.1) is 18.9 Å². The summed E-state index contributed by atoms with van der Waals surface area (Å²) in [5.74, 6) is 0. The summed E-state index contributed by atoms with van der Waals surface area (Å²) in [4.78, 5) is 0. The molecule has 0 saturated heterocycles. The molecule has 0 aromatic carbocycles. The molecule has 1 aromatic rings. The smallest absolute Gasteiger partial charge is 0.173 e. The first-order chi connectivity index (χ1) is 5.75. The van der Waals surface area contributed by atoms with Crippen molar-refractivity contribution in [2.75, 3.05) is 13.2 Å². The number of rotatable bonds is 4. The van der Waals surface area contributed by atoms with Crippen LogP contribution in [0.4, 0.5) is 0 Å². The number of nitrogens with two attached hydrogens (primary N) is 1. The second-order valence-electron chi connectivity index (χ2n) is 2.42. The summed E-state index contributed by atoms with van der Waals surface area (Å²) in [5.41, 5.74) is 6.76. The third-order valence-electron chi connectivity index (χ3n) is 1.55. The van der Waals surface area contributed by atoms with Gasteiger partial charge in [0.2, 0.25) is 0 Å². The van der Waals surface area contributed by atoms with E-state index in [0.29, 0.717) is 17.9 Å². The highest BCUT2D eigenvalue weighted by Gasteiger charge is 2.11. The summed E-state index contributed by atoms with van der Waals surface area (Å²) in [6.45, 7) is 3.15. The minimum absolute atomic E-state index is 0.113. The first kappa shape index (κ1) is 9.77. The maximum Gasteiger partial charge on any atom is 0.173 e. The average molecular weight is 234 g/mol. The van der Waals surface area contributed by atoms with Crippen molar-refractivity contribution >= 4 is 15.9 Å². The number of hydrogen-bond donors (Lipinski definition) is 1. The summed E-state index contributed by atoms with van der Waals surface area (Å²) in [6, 6.07) is 1.73. The lowest BCUT2D eigenvalue weighted by molar-refractivity contribution is 0.133. The van der Waals surface area contributed by atoms with E-state index in [4.69, 9.17) is 14.9 Å². The van der Waals surface area contributed by atoms with Crippen molar-refractivity contribution in [2.45, 2.75) is 13.0 Å². The highest BCUT2D eigenvalue weighted by atomic mass is 79.9. The van der Waals surface area contributed by atoms with Crippen molar-refractivity contribution in [3.8, 4) is 0 Å². The molecule has 1 aromatic heterocycles. The predicted octanol–water partition coefficient (Wildman–Crippen LogP) is 2.08. The SMILES string of the molecule is CCOCC(N)c1ccoc1Br. The van der Waals surface area contributed by atoms with Crippen LogP contribution in [-0.4, -0.2) is 13.2 Å². The summed E-state index contributed by atoms with van der Waals surface area (Å²) < 4.78 is 10.9. The third-order valence-corrected chi connectivity index (χ3v) is 2.19. The Kier molecular flexibility index (Phi) is 3.78. The van der Waals surface area contributed by atoms with Gasteiger partial charge < -0.3 is 14.9 Å². The molecule has 0 aliphatic heterocycles. The Balaban J connectivity index is 2.52. The molecule has 0 aliphatic rings. The van der Waals surface area contributed by atoms with Gasteiger partial charge >= 0.3 is 0 Å². The zero-order chi connectivity index (χ0) is 8.97. The van der Waals surface area contributed by atoms with Crippen LogP contribution in [-0.2, 0) is 4.74 Å². The number of ether oxygens (including phenoxy) is 1. The molecule has 0 bridgehead atoms. The van der Waals surface area contributed by atoms with E-state index >= 15 is 0 Å². The van der Waals surface area contributed by atoms with Crippen molar-refractivity contribution in [1.82, 2.24) is 0 Å². The fraction of sp³-hybridized carbons (Fsp3) is 0.500.